The predicted molar refractivity (Wildman–Crippen MR) is 117 cm³/mol. The van der Waals surface area contributed by atoms with Crippen LogP contribution in [-0.4, -0.2) is 36.1 Å². The Kier molecular flexibility index (Phi) is 5.60. The number of rotatable bonds is 5. The summed E-state index contributed by atoms with van der Waals surface area (Å²) in [5.41, 5.74) is 3.35. The van der Waals surface area contributed by atoms with E-state index in [0.717, 1.165) is 43.4 Å². The molecule has 0 amide bonds. The summed E-state index contributed by atoms with van der Waals surface area (Å²) in [6, 6.07) is 17.0. The first-order chi connectivity index (χ1) is 14.1. The van der Waals surface area contributed by atoms with Crippen LogP contribution < -0.4 is 15.1 Å². The van der Waals surface area contributed by atoms with Gasteiger partial charge in [0, 0.05) is 43.8 Å². The Morgan fingerprint density at radius 2 is 1.52 bits per heavy atom. The zero-order valence-corrected chi connectivity index (χ0v) is 16.8. The summed E-state index contributed by atoms with van der Waals surface area (Å²) >= 11 is 0. The third-order valence-electron chi connectivity index (χ3n) is 5.27. The lowest BCUT2D eigenvalue weighted by molar-refractivity contribution is 0.624. The van der Waals surface area contributed by atoms with Crippen molar-refractivity contribution >= 4 is 23.1 Å². The van der Waals surface area contributed by atoms with E-state index in [1.165, 1.54) is 17.7 Å². The Bertz CT molecular complexity index is 932. The first kappa shape index (κ1) is 19.2. The maximum Gasteiger partial charge on any atom is 0.229 e. The normalized spacial score (nSPS) is 14.3. The fourth-order valence-electron chi connectivity index (χ4n) is 3.51. The smallest absolute Gasteiger partial charge is 0.229 e. The molecule has 0 unspecified atom stereocenters. The summed E-state index contributed by atoms with van der Waals surface area (Å²) in [6.45, 7) is 7.83. The Labute approximate surface area is 171 Å². The van der Waals surface area contributed by atoms with Crippen molar-refractivity contribution in [1.82, 2.24) is 9.97 Å². The molecule has 29 heavy (non-hydrogen) atoms. The third kappa shape index (κ3) is 4.65. The van der Waals surface area contributed by atoms with Gasteiger partial charge in [-0.25, -0.2) is 9.37 Å². The van der Waals surface area contributed by atoms with Gasteiger partial charge in [0.15, 0.2) is 0 Å². The van der Waals surface area contributed by atoms with E-state index in [1.54, 1.807) is 6.20 Å². The molecule has 0 radical (unpaired) electrons. The molecule has 0 aliphatic carbocycles. The minimum Gasteiger partial charge on any atom is -0.368 e. The van der Waals surface area contributed by atoms with Crippen LogP contribution in [-0.2, 0) is 0 Å². The van der Waals surface area contributed by atoms with Crippen molar-refractivity contribution in [2.75, 3.05) is 41.3 Å². The molecule has 150 valence electrons. The van der Waals surface area contributed by atoms with Crippen LogP contribution in [0.3, 0.4) is 0 Å². The number of nitrogens with zero attached hydrogens (tertiary/aromatic N) is 4. The van der Waals surface area contributed by atoms with Gasteiger partial charge in [-0.1, -0.05) is 26.0 Å². The van der Waals surface area contributed by atoms with Crippen LogP contribution in [0.5, 0.6) is 0 Å². The van der Waals surface area contributed by atoms with Gasteiger partial charge in [-0.15, -0.1) is 0 Å². The number of nitrogens with one attached hydrogen (secondary N) is 1. The quantitative estimate of drug-likeness (QED) is 0.676. The SMILES string of the molecule is CC(C)c1ccc(Nc2nccc(N3CCN(c4ccc(F)cc4)CC3)n2)cc1. The molecule has 4 rings (SSSR count). The van der Waals surface area contributed by atoms with E-state index in [1.807, 2.05) is 18.2 Å². The third-order valence-corrected chi connectivity index (χ3v) is 5.27. The van der Waals surface area contributed by atoms with Crippen LogP contribution >= 0.6 is 0 Å². The highest BCUT2D eigenvalue weighted by atomic mass is 19.1. The minimum absolute atomic E-state index is 0.202. The van der Waals surface area contributed by atoms with E-state index in [-0.39, 0.29) is 5.82 Å². The highest BCUT2D eigenvalue weighted by Crippen LogP contribution is 2.22. The molecule has 1 fully saturated rings. The number of halogens is 1. The summed E-state index contributed by atoms with van der Waals surface area (Å²) < 4.78 is 13.1. The van der Waals surface area contributed by atoms with Crippen LogP contribution in [0, 0.1) is 5.82 Å². The molecule has 2 aromatic carbocycles. The van der Waals surface area contributed by atoms with Gasteiger partial charge in [0.25, 0.3) is 0 Å². The second-order valence-corrected chi connectivity index (χ2v) is 7.59. The second-order valence-electron chi connectivity index (χ2n) is 7.59. The molecule has 0 bridgehead atoms. The number of piperazine rings is 1. The van der Waals surface area contributed by atoms with Crippen LogP contribution in [0.2, 0.25) is 0 Å². The molecule has 1 aromatic heterocycles. The lowest BCUT2D eigenvalue weighted by Gasteiger charge is -2.36. The van der Waals surface area contributed by atoms with E-state index < -0.39 is 0 Å². The van der Waals surface area contributed by atoms with E-state index in [9.17, 15) is 4.39 Å². The van der Waals surface area contributed by atoms with Crippen molar-refractivity contribution in [2.24, 2.45) is 0 Å². The molecule has 1 aliphatic heterocycles. The maximum absolute atomic E-state index is 13.1. The maximum atomic E-state index is 13.1. The second kappa shape index (κ2) is 8.47. The molecule has 6 heteroatoms. The van der Waals surface area contributed by atoms with E-state index in [0.29, 0.717) is 11.9 Å². The minimum atomic E-state index is -0.202. The Morgan fingerprint density at radius 3 is 2.17 bits per heavy atom. The van der Waals surface area contributed by atoms with Gasteiger partial charge in [-0.2, -0.15) is 4.98 Å². The largest absolute Gasteiger partial charge is 0.368 e. The number of hydrogen-bond donors (Lipinski definition) is 1. The Hall–Kier alpha value is -3.15. The van der Waals surface area contributed by atoms with E-state index >= 15 is 0 Å². The topological polar surface area (TPSA) is 44.3 Å². The van der Waals surface area contributed by atoms with Crippen LogP contribution in [0.1, 0.15) is 25.3 Å². The molecule has 1 saturated heterocycles. The molecule has 0 spiro atoms. The van der Waals surface area contributed by atoms with Gasteiger partial charge in [0.2, 0.25) is 5.95 Å². The number of benzene rings is 2. The summed E-state index contributed by atoms with van der Waals surface area (Å²) in [5.74, 6) is 1.82. The first-order valence-electron chi connectivity index (χ1n) is 10.0. The van der Waals surface area contributed by atoms with Crippen molar-refractivity contribution in [3.05, 3.63) is 72.2 Å². The fourth-order valence-corrected chi connectivity index (χ4v) is 3.51. The molecular weight excluding hydrogens is 365 g/mol. The van der Waals surface area contributed by atoms with Gasteiger partial charge in [-0.05, 0) is 53.9 Å². The molecule has 3 aromatic rings. The predicted octanol–water partition coefficient (Wildman–Crippen LogP) is 4.81. The number of aromatic nitrogens is 2. The molecular formula is C23H26FN5. The van der Waals surface area contributed by atoms with Crippen LogP contribution in [0.25, 0.3) is 0 Å². The summed E-state index contributed by atoms with van der Waals surface area (Å²) in [5, 5.41) is 3.29. The highest BCUT2D eigenvalue weighted by molar-refractivity contribution is 5.56. The van der Waals surface area contributed by atoms with Gasteiger partial charge in [0.05, 0.1) is 0 Å². The highest BCUT2D eigenvalue weighted by Gasteiger charge is 2.19. The summed E-state index contributed by atoms with van der Waals surface area (Å²) in [6.07, 6.45) is 1.79. The molecule has 5 nitrogen and oxygen atoms in total. The summed E-state index contributed by atoms with van der Waals surface area (Å²) in [7, 11) is 0. The Morgan fingerprint density at radius 1 is 0.862 bits per heavy atom. The summed E-state index contributed by atoms with van der Waals surface area (Å²) in [4.78, 5) is 13.6. The zero-order chi connectivity index (χ0) is 20.2. The zero-order valence-electron chi connectivity index (χ0n) is 16.8. The fraction of sp³-hybridized carbons (Fsp3) is 0.304. The molecule has 1 N–H and O–H groups in total. The average Bonchev–Trinajstić information content (AvgIpc) is 2.75. The van der Waals surface area contributed by atoms with Gasteiger partial charge in [0.1, 0.15) is 11.6 Å². The molecule has 0 atom stereocenters. The van der Waals surface area contributed by atoms with Crippen molar-refractivity contribution in [3.8, 4) is 0 Å². The standard InChI is InChI=1S/C23H26FN5/c1-17(2)18-3-7-20(8-4-18)26-23-25-12-11-22(27-23)29-15-13-28(14-16-29)21-9-5-19(24)6-10-21/h3-12,17H,13-16H2,1-2H3,(H,25,26,27). The average molecular weight is 391 g/mol. The number of hydrogen-bond acceptors (Lipinski definition) is 5. The molecule has 2 heterocycles. The van der Waals surface area contributed by atoms with Crippen LogP contribution in [0.15, 0.2) is 60.8 Å². The Balaban J connectivity index is 1.39. The van der Waals surface area contributed by atoms with Crippen molar-refractivity contribution in [1.29, 1.82) is 0 Å². The van der Waals surface area contributed by atoms with E-state index in [2.05, 4.69) is 58.2 Å². The van der Waals surface area contributed by atoms with Crippen molar-refractivity contribution in [3.63, 3.8) is 0 Å². The first-order valence-corrected chi connectivity index (χ1v) is 10.0. The van der Waals surface area contributed by atoms with Gasteiger partial charge >= 0.3 is 0 Å². The number of anilines is 4. The monoisotopic (exact) mass is 391 g/mol. The molecule has 0 saturated carbocycles. The van der Waals surface area contributed by atoms with Gasteiger partial charge < -0.3 is 15.1 Å². The lowest BCUT2D eigenvalue weighted by atomic mass is 10.0. The van der Waals surface area contributed by atoms with Crippen molar-refractivity contribution in [2.45, 2.75) is 19.8 Å². The van der Waals surface area contributed by atoms with E-state index in [4.69, 9.17) is 4.98 Å². The van der Waals surface area contributed by atoms with Crippen molar-refractivity contribution < 1.29 is 4.39 Å². The van der Waals surface area contributed by atoms with Crippen LogP contribution in [0.4, 0.5) is 27.5 Å². The molecule has 1 aliphatic rings. The lowest BCUT2D eigenvalue weighted by Crippen LogP contribution is -2.46. The van der Waals surface area contributed by atoms with Gasteiger partial charge in [-0.3, -0.25) is 0 Å².